The molecule has 0 saturated carbocycles. The highest BCUT2D eigenvalue weighted by molar-refractivity contribution is 6.31. The van der Waals surface area contributed by atoms with Crippen LogP contribution in [0.15, 0.2) is 23.3 Å². The number of anilines is 1. The largest absolute Gasteiger partial charge is 0.392 e. The summed E-state index contributed by atoms with van der Waals surface area (Å²) in [4.78, 5) is 15.3. The molecule has 0 aliphatic rings. The minimum absolute atomic E-state index is 0.0157. The zero-order chi connectivity index (χ0) is 10.7. The number of nitrogens with zero attached hydrogens (tertiary/aromatic N) is 2. The average Bonchev–Trinajstić information content (AvgIpc) is 2.19. The number of rotatable bonds is 3. The number of halogens is 1. The van der Waals surface area contributed by atoms with E-state index in [4.69, 9.17) is 17.3 Å². The molecule has 0 aliphatic carbocycles. The van der Waals surface area contributed by atoms with E-state index in [1.807, 2.05) is 6.92 Å². The molecule has 4 nitrogen and oxygen atoms in total. The fourth-order valence-electron chi connectivity index (χ4n) is 0.951. The lowest BCUT2D eigenvalue weighted by Gasteiger charge is -2.07. The topological polar surface area (TPSA) is 60.9 Å². The van der Waals surface area contributed by atoms with Crippen LogP contribution in [0, 0.1) is 0 Å². The third-order valence-corrected chi connectivity index (χ3v) is 2.22. The average molecular weight is 214 g/mol. The van der Waals surface area contributed by atoms with Crippen molar-refractivity contribution in [3.63, 3.8) is 0 Å². The molecule has 1 rings (SSSR count). The van der Waals surface area contributed by atoms with Gasteiger partial charge in [-0.1, -0.05) is 30.7 Å². The van der Waals surface area contributed by atoms with E-state index in [1.165, 1.54) is 10.9 Å². The van der Waals surface area contributed by atoms with Gasteiger partial charge in [0, 0.05) is 6.54 Å². The van der Waals surface area contributed by atoms with Crippen molar-refractivity contribution in [2.45, 2.75) is 19.9 Å². The molecule has 5 heteroatoms. The van der Waals surface area contributed by atoms with Gasteiger partial charge in [0.1, 0.15) is 5.69 Å². The molecule has 14 heavy (non-hydrogen) atoms. The highest BCUT2D eigenvalue weighted by Gasteiger charge is 2.05. The van der Waals surface area contributed by atoms with Gasteiger partial charge in [-0.05, 0) is 6.42 Å². The quantitative estimate of drug-likeness (QED) is 0.611. The smallest absolute Gasteiger partial charge is 0.278 e. The number of hydrogen-bond acceptors (Lipinski definition) is 3. The summed E-state index contributed by atoms with van der Waals surface area (Å²) in [5.74, 6) is 0. The van der Waals surface area contributed by atoms with E-state index in [-0.39, 0.29) is 16.4 Å². The van der Waals surface area contributed by atoms with Crippen LogP contribution in [0.5, 0.6) is 0 Å². The molecule has 0 aliphatic heterocycles. The Morgan fingerprint density at radius 3 is 3.00 bits per heavy atom. The summed E-state index contributed by atoms with van der Waals surface area (Å²) in [6.45, 7) is 6.21. The van der Waals surface area contributed by atoms with Gasteiger partial charge in [-0.2, -0.15) is 0 Å². The summed E-state index contributed by atoms with van der Waals surface area (Å²) < 4.78 is 1.40. The Labute approximate surface area is 87.0 Å². The minimum atomic E-state index is -0.320. The Morgan fingerprint density at radius 2 is 2.43 bits per heavy atom. The number of allylic oxidation sites excluding steroid dienone is 1. The lowest BCUT2D eigenvalue weighted by atomic mass is 10.2. The predicted molar refractivity (Wildman–Crippen MR) is 57.4 cm³/mol. The molecule has 0 radical (unpaired) electrons. The normalized spacial score (nSPS) is 10.1. The fourth-order valence-corrected chi connectivity index (χ4v) is 1.08. The first kappa shape index (κ1) is 10.8. The zero-order valence-corrected chi connectivity index (χ0v) is 8.71. The molecular formula is C9H12ClN3O. The van der Waals surface area contributed by atoms with E-state index in [0.717, 1.165) is 12.0 Å². The number of aromatic nitrogens is 2. The molecule has 76 valence electrons. The Bertz CT molecular complexity index is 411. The molecule has 1 aromatic rings. The summed E-state index contributed by atoms with van der Waals surface area (Å²) in [7, 11) is 0. The molecule has 0 bridgehead atoms. The van der Waals surface area contributed by atoms with Crippen LogP contribution >= 0.6 is 11.6 Å². The Kier molecular flexibility index (Phi) is 3.30. The first-order chi connectivity index (χ1) is 6.56. The standard InChI is InChI=1S/C9H12ClN3O/c1-3-6(2)4-13-5-12-8(10)7(11)9(13)14/h5H,2-4,11H2,1H3. The minimum Gasteiger partial charge on any atom is -0.392 e. The summed E-state index contributed by atoms with van der Waals surface area (Å²) in [6, 6.07) is 0. The number of nitrogen functional groups attached to an aromatic ring is 1. The molecule has 0 amide bonds. The van der Waals surface area contributed by atoms with Gasteiger partial charge in [-0.15, -0.1) is 0 Å². The maximum absolute atomic E-state index is 11.5. The second-order valence-electron chi connectivity index (χ2n) is 2.99. The molecule has 0 atom stereocenters. The van der Waals surface area contributed by atoms with E-state index < -0.39 is 0 Å². The van der Waals surface area contributed by atoms with E-state index in [1.54, 1.807) is 0 Å². The van der Waals surface area contributed by atoms with Crippen LogP contribution in [-0.2, 0) is 6.54 Å². The second kappa shape index (κ2) is 4.28. The first-order valence-corrected chi connectivity index (χ1v) is 4.61. The van der Waals surface area contributed by atoms with Crippen molar-refractivity contribution in [1.29, 1.82) is 0 Å². The molecule has 0 fully saturated rings. The van der Waals surface area contributed by atoms with Crippen LogP contribution < -0.4 is 11.3 Å². The highest BCUT2D eigenvalue weighted by Crippen LogP contribution is 2.09. The van der Waals surface area contributed by atoms with Crippen LogP contribution in [0.3, 0.4) is 0 Å². The molecule has 0 spiro atoms. The van der Waals surface area contributed by atoms with Crippen molar-refractivity contribution in [3.05, 3.63) is 34.0 Å². The lowest BCUT2D eigenvalue weighted by molar-refractivity contribution is 0.711. The molecule has 0 aromatic carbocycles. The molecule has 0 unspecified atom stereocenters. The molecule has 1 heterocycles. The van der Waals surface area contributed by atoms with Crippen molar-refractivity contribution < 1.29 is 0 Å². The van der Waals surface area contributed by atoms with Crippen molar-refractivity contribution in [2.24, 2.45) is 0 Å². The third kappa shape index (κ3) is 2.14. The van der Waals surface area contributed by atoms with Crippen molar-refractivity contribution >= 4 is 17.3 Å². The summed E-state index contributed by atoms with van der Waals surface area (Å²) in [5.41, 5.74) is 6.05. The van der Waals surface area contributed by atoms with E-state index in [2.05, 4.69) is 11.6 Å². The number of hydrogen-bond donors (Lipinski definition) is 1. The summed E-state index contributed by atoms with van der Waals surface area (Å²) in [5, 5.41) is 0.0494. The molecule has 2 N–H and O–H groups in total. The maximum Gasteiger partial charge on any atom is 0.278 e. The van der Waals surface area contributed by atoms with E-state index in [0.29, 0.717) is 6.54 Å². The maximum atomic E-state index is 11.5. The third-order valence-electron chi connectivity index (χ3n) is 1.92. The van der Waals surface area contributed by atoms with Crippen molar-refractivity contribution in [3.8, 4) is 0 Å². The van der Waals surface area contributed by atoms with Crippen LogP contribution in [0.4, 0.5) is 5.69 Å². The van der Waals surface area contributed by atoms with Crippen LogP contribution in [0.1, 0.15) is 13.3 Å². The molecule has 1 aromatic heterocycles. The highest BCUT2D eigenvalue weighted by atomic mass is 35.5. The van der Waals surface area contributed by atoms with Gasteiger partial charge in [0.25, 0.3) is 5.56 Å². The Morgan fingerprint density at radius 1 is 1.79 bits per heavy atom. The van der Waals surface area contributed by atoms with Crippen molar-refractivity contribution in [1.82, 2.24) is 9.55 Å². The van der Waals surface area contributed by atoms with Gasteiger partial charge in [-0.25, -0.2) is 4.98 Å². The predicted octanol–water partition coefficient (Wildman–Crippen LogP) is 1.45. The van der Waals surface area contributed by atoms with E-state index in [9.17, 15) is 4.79 Å². The van der Waals surface area contributed by atoms with Crippen LogP contribution in [-0.4, -0.2) is 9.55 Å². The second-order valence-corrected chi connectivity index (χ2v) is 3.34. The Balaban J connectivity index is 3.06. The van der Waals surface area contributed by atoms with E-state index >= 15 is 0 Å². The van der Waals surface area contributed by atoms with Crippen LogP contribution in [0.25, 0.3) is 0 Å². The Hall–Kier alpha value is -1.29. The fraction of sp³-hybridized carbons (Fsp3) is 0.333. The summed E-state index contributed by atoms with van der Waals surface area (Å²) >= 11 is 5.58. The molecule has 0 saturated heterocycles. The SMILES string of the molecule is C=C(CC)Cn1cnc(Cl)c(N)c1=O. The van der Waals surface area contributed by atoms with Gasteiger partial charge < -0.3 is 5.73 Å². The van der Waals surface area contributed by atoms with Gasteiger partial charge in [0.15, 0.2) is 5.15 Å². The van der Waals surface area contributed by atoms with Gasteiger partial charge in [0.05, 0.1) is 6.33 Å². The van der Waals surface area contributed by atoms with Gasteiger partial charge in [0.2, 0.25) is 0 Å². The zero-order valence-electron chi connectivity index (χ0n) is 7.96. The molecular weight excluding hydrogens is 202 g/mol. The monoisotopic (exact) mass is 213 g/mol. The van der Waals surface area contributed by atoms with Crippen molar-refractivity contribution in [2.75, 3.05) is 5.73 Å². The number of nitrogens with two attached hydrogens (primary N) is 1. The van der Waals surface area contributed by atoms with Gasteiger partial charge in [-0.3, -0.25) is 9.36 Å². The first-order valence-electron chi connectivity index (χ1n) is 4.23. The lowest BCUT2D eigenvalue weighted by Crippen LogP contribution is -2.24. The summed E-state index contributed by atoms with van der Waals surface area (Å²) in [6.07, 6.45) is 2.19. The van der Waals surface area contributed by atoms with Gasteiger partial charge >= 0.3 is 0 Å². The van der Waals surface area contributed by atoms with Crippen LogP contribution in [0.2, 0.25) is 5.15 Å².